The van der Waals surface area contributed by atoms with Crippen molar-refractivity contribution in [3.63, 3.8) is 0 Å². The van der Waals surface area contributed by atoms with E-state index in [2.05, 4.69) is 10.5 Å². The zero-order valence-corrected chi connectivity index (χ0v) is 17.4. The van der Waals surface area contributed by atoms with Crippen molar-refractivity contribution in [1.29, 1.82) is 0 Å². The summed E-state index contributed by atoms with van der Waals surface area (Å²) in [6.45, 7) is 6.84. The summed E-state index contributed by atoms with van der Waals surface area (Å²) in [5, 5.41) is 4.72. The maximum atomic E-state index is 12.5. The van der Waals surface area contributed by atoms with Gasteiger partial charge in [-0.15, -0.1) is 0 Å². The van der Waals surface area contributed by atoms with Crippen molar-refractivity contribution < 1.29 is 19.0 Å². The summed E-state index contributed by atoms with van der Waals surface area (Å²) >= 11 is 12.1. The van der Waals surface area contributed by atoms with Gasteiger partial charge < -0.3 is 14.2 Å². The lowest BCUT2D eigenvalue weighted by Crippen LogP contribution is -2.18. The van der Waals surface area contributed by atoms with Crippen molar-refractivity contribution in [1.82, 2.24) is 5.43 Å². The minimum atomic E-state index is -0.431. The molecule has 0 spiro atoms. The lowest BCUT2D eigenvalue weighted by atomic mass is 10.1. The molecule has 0 aromatic heterocycles. The molecule has 8 heteroatoms. The Kier molecular flexibility index (Phi) is 8.42. The largest absolute Gasteiger partial charge is 0.490 e. The average molecular weight is 425 g/mol. The molecule has 2 rings (SSSR count). The second-order valence-electron chi connectivity index (χ2n) is 5.44. The van der Waals surface area contributed by atoms with E-state index >= 15 is 0 Å². The van der Waals surface area contributed by atoms with Crippen LogP contribution in [0.5, 0.6) is 17.2 Å². The third-order valence-corrected chi connectivity index (χ3v) is 4.36. The summed E-state index contributed by atoms with van der Waals surface area (Å²) in [5.74, 6) is 0.904. The van der Waals surface area contributed by atoms with Crippen LogP contribution in [0.1, 0.15) is 36.7 Å². The SMILES string of the molecule is CCOc1cc(C(=O)N/N=C/c2cccc(Cl)c2Cl)cc(OCC)c1OCC. The first-order valence-corrected chi connectivity index (χ1v) is 9.61. The predicted octanol–water partition coefficient (Wildman–Crippen LogP) is 4.95. The number of hydrogen-bond acceptors (Lipinski definition) is 5. The van der Waals surface area contributed by atoms with Gasteiger partial charge in [-0.1, -0.05) is 35.3 Å². The standard InChI is InChI=1S/C20H22Cl2N2O4/c1-4-26-16-10-14(11-17(27-5-2)19(16)28-6-3)20(25)24-23-12-13-8-7-9-15(21)18(13)22/h7-12H,4-6H2,1-3H3,(H,24,25)/b23-12+. The molecule has 150 valence electrons. The fraction of sp³-hybridized carbons (Fsp3) is 0.300. The van der Waals surface area contributed by atoms with E-state index in [0.717, 1.165) is 0 Å². The van der Waals surface area contributed by atoms with Crippen molar-refractivity contribution in [3.05, 3.63) is 51.5 Å². The molecule has 2 aromatic rings. The zero-order chi connectivity index (χ0) is 20.5. The molecule has 1 amide bonds. The number of hydrazone groups is 1. The number of nitrogens with zero attached hydrogens (tertiary/aromatic N) is 1. The second kappa shape index (κ2) is 10.8. The van der Waals surface area contributed by atoms with Crippen molar-refractivity contribution in [2.45, 2.75) is 20.8 Å². The van der Waals surface area contributed by atoms with Gasteiger partial charge in [0, 0.05) is 11.1 Å². The molecule has 0 unspecified atom stereocenters. The Morgan fingerprint density at radius 1 is 1.04 bits per heavy atom. The van der Waals surface area contributed by atoms with Gasteiger partial charge in [0.15, 0.2) is 11.5 Å². The molecule has 2 aromatic carbocycles. The van der Waals surface area contributed by atoms with Gasteiger partial charge in [0.05, 0.1) is 36.1 Å². The van der Waals surface area contributed by atoms with Gasteiger partial charge in [-0.2, -0.15) is 5.10 Å². The smallest absolute Gasteiger partial charge is 0.271 e. The van der Waals surface area contributed by atoms with E-state index < -0.39 is 5.91 Å². The maximum Gasteiger partial charge on any atom is 0.271 e. The highest BCUT2D eigenvalue weighted by atomic mass is 35.5. The normalized spacial score (nSPS) is 10.8. The lowest BCUT2D eigenvalue weighted by molar-refractivity contribution is 0.0954. The highest BCUT2D eigenvalue weighted by Gasteiger charge is 2.18. The van der Waals surface area contributed by atoms with Crippen molar-refractivity contribution in [3.8, 4) is 17.2 Å². The van der Waals surface area contributed by atoms with Gasteiger partial charge in [0.1, 0.15) is 0 Å². The van der Waals surface area contributed by atoms with Gasteiger partial charge in [0.2, 0.25) is 5.75 Å². The molecule has 0 atom stereocenters. The number of benzene rings is 2. The van der Waals surface area contributed by atoms with Gasteiger partial charge in [-0.25, -0.2) is 5.43 Å². The van der Waals surface area contributed by atoms with E-state index in [1.54, 1.807) is 30.3 Å². The Bertz CT molecular complexity index is 829. The van der Waals surface area contributed by atoms with Crippen LogP contribution in [-0.2, 0) is 0 Å². The molecule has 0 aliphatic rings. The maximum absolute atomic E-state index is 12.5. The zero-order valence-electron chi connectivity index (χ0n) is 15.9. The van der Waals surface area contributed by atoms with E-state index in [9.17, 15) is 4.79 Å². The van der Waals surface area contributed by atoms with Crippen molar-refractivity contribution in [2.75, 3.05) is 19.8 Å². The number of hydrogen-bond donors (Lipinski definition) is 1. The highest BCUT2D eigenvalue weighted by Crippen LogP contribution is 2.39. The molecule has 0 heterocycles. The molecule has 0 radical (unpaired) electrons. The van der Waals surface area contributed by atoms with Gasteiger partial charge in [-0.3, -0.25) is 4.79 Å². The number of carbonyl (C=O) groups excluding carboxylic acids is 1. The first kappa shape index (κ1) is 21.9. The van der Waals surface area contributed by atoms with Crippen molar-refractivity contribution in [2.24, 2.45) is 5.10 Å². The van der Waals surface area contributed by atoms with E-state index in [0.29, 0.717) is 58.2 Å². The number of amides is 1. The molecule has 0 saturated heterocycles. The van der Waals surface area contributed by atoms with Crippen LogP contribution in [0, 0.1) is 0 Å². The molecule has 0 saturated carbocycles. The monoisotopic (exact) mass is 424 g/mol. The minimum Gasteiger partial charge on any atom is -0.490 e. The Morgan fingerprint density at radius 3 is 2.21 bits per heavy atom. The molecule has 0 bridgehead atoms. The molecule has 0 aliphatic carbocycles. The topological polar surface area (TPSA) is 69.2 Å². The lowest BCUT2D eigenvalue weighted by Gasteiger charge is -2.16. The molecular weight excluding hydrogens is 403 g/mol. The first-order valence-electron chi connectivity index (χ1n) is 8.85. The minimum absolute atomic E-state index is 0.324. The van der Waals surface area contributed by atoms with Crippen LogP contribution in [0.25, 0.3) is 0 Å². The third kappa shape index (κ3) is 5.53. The number of ether oxygens (including phenoxy) is 3. The number of nitrogens with one attached hydrogen (secondary N) is 1. The van der Waals surface area contributed by atoms with Crippen molar-refractivity contribution >= 4 is 35.3 Å². The first-order chi connectivity index (χ1) is 13.5. The van der Waals surface area contributed by atoms with E-state index in [4.69, 9.17) is 37.4 Å². The summed E-state index contributed by atoms with van der Waals surface area (Å²) < 4.78 is 16.9. The summed E-state index contributed by atoms with van der Waals surface area (Å²) in [6.07, 6.45) is 1.42. The number of halogens is 2. The number of carbonyl (C=O) groups is 1. The summed E-state index contributed by atoms with van der Waals surface area (Å²) in [6, 6.07) is 8.33. The fourth-order valence-electron chi connectivity index (χ4n) is 2.36. The van der Waals surface area contributed by atoms with Gasteiger partial charge >= 0.3 is 0 Å². The van der Waals surface area contributed by atoms with E-state index in [1.165, 1.54) is 6.21 Å². The molecule has 28 heavy (non-hydrogen) atoms. The Balaban J connectivity index is 2.26. The van der Waals surface area contributed by atoms with Crippen LogP contribution in [0.3, 0.4) is 0 Å². The quantitative estimate of drug-likeness (QED) is 0.456. The van der Waals surface area contributed by atoms with Gasteiger partial charge in [-0.05, 0) is 39.0 Å². The second-order valence-corrected chi connectivity index (χ2v) is 6.23. The van der Waals surface area contributed by atoms with Crippen LogP contribution < -0.4 is 19.6 Å². The van der Waals surface area contributed by atoms with E-state index in [-0.39, 0.29) is 0 Å². The van der Waals surface area contributed by atoms with Crippen LogP contribution in [0.2, 0.25) is 10.0 Å². The summed E-state index contributed by atoms with van der Waals surface area (Å²) in [5.41, 5.74) is 3.37. The van der Waals surface area contributed by atoms with Crippen LogP contribution in [0.4, 0.5) is 0 Å². The molecule has 0 fully saturated rings. The molecule has 6 nitrogen and oxygen atoms in total. The molecule has 1 N–H and O–H groups in total. The van der Waals surface area contributed by atoms with Crippen LogP contribution in [-0.4, -0.2) is 31.9 Å². The number of rotatable bonds is 9. The Morgan fingerprint density at radius 2 is 1.64 bits per heavy atom. The van der Waals surface area contributed by atoms with Crippen LogP contribution in [0.15, 0.2) is 35.4 Å². The van der Waals surface area contributed by atoms with Crippen LogP contribution >= 0.6 is 23.2 Å². The highest BCUT2D eigenvalue weighted by molar-refractivity contribution is 6.43. The summed E-state index contributed by atoms with van der Waals surface area (Å²) in [4.78, 5) is 12.5. The average Bonchev–Trinajstić information content (AvgIpc) is 2.67. The fourth-order valence-corrected chi connectivity index (χ4v) is 2.72. The Labute approximate surface area is 174 Å². The third-order valence-electron chi connectivity index (χ3n) is 3.52. The predicted molar refractivity (Wildman–Crippen MR) is 111 cm³/mol. The van der Waals surface area contributed by atoms with E-state index in [1.807, 2.05) is 20.8 Å². The Hall–Kier alpha value is -2.44. The molecular formula is C20H22Cl2N2O4. The van der Waals surface area contributed by atoms with Gasteiger partial charge in [0.25, 0.3) is 5.91 Å². The molecule has 0 aliphatic heterocycles. The summed E-state index contributed by atoms with van der Waals surface area (Å²) in [7, 11) is 0.